The van der Waals surface area contributed by atoms with Crippen LogP contribution in [0.2, 0.25) is 10.0 Å². The third-order valence-corrected chi connectivity index (χ3v) is 2.88. The van der Waals surface area contributed by atoms with Crippen molar-refractivity contribution in [1.82, 2.24) is 9.78 Å². The van der Waals surface area contributed by atoms with Gasteiger partial charge < -0.3 is 5.73 Å². The van der Waals surface area contributed by atoms with Crippen LogP contribution in [0, 0.1) is 11.3 Å². The molecule has 0 bridgehead atoms. The molecule has 0 unspecified atom stereocenters. The summed E-state index contributed by atoms with van der Waals surface area (Å²) in [7, 11) is 0. The minimum absolute atomic E-state index is 0.0468. The van der Waals surface area contributed by atoms with Crippen molar-refractivity contribution in [3.8, 4) is 11.8 Å². The molecule has 2 rings (SSSR count). The van der Waals surface area contributed by atoms with E-state index in [-0.39, 0.29) is 22.2 Å². The molecular formula is C11H5Cl2F3N4. The molecule has 1 heterocycles. The fourth-order valence-electron chi connectivity index (χ4n) is 1.49. The summed E-state index contributed by atoms with van der Waals surface area (Å²) in [5, 5.41) is 11.5. The van der Waals surface area contributed by atoms with Crippen molar-refractivity contribution in [1.29, 1.82) is 5.26 Å². The maximum Gasteiger partial charge on any atom is 0.416 e. The highest BCUT2D eigenvalue weighted by Crippen LogP contribution is 2.37. The number of nitrogen functional groups attached to an aromatic ring is 1. The number of nitrogens with two attached hydrogens (primary N) is 1. The molecule has 0 radical (unpaired) electrons. The molecule has 2 N–H and O–H groups in total. The summed E-state index contributed by atoms with van der Waals surface area (Å²) in [4.78, 5) is 0. The number of nitriles is 1. The molecule has 1 aromatic carbocycles. The van der Waals surface area contributed by atoms with Gasteiger partial charge in [0.1, 0.15) is 17.6 Å². The average Bonchev–Trinajstić information content (AvgIpc) is 2.74. The summed E-state index contributed by atoms with van der Waals surface area (Å²) in [5.41, 5.74) is 4.09. The molecule has 2 aromatic rings. The zero-order chi connectivity index (χ0) is 15.9. The predicted octanol–water partition coefficient (Wildman–Crippen LogP) is 3.65. The minimum Gasteiger partial charge on any atom is -0.384 e. The summed E-state index contributed by atoms with van der Waals surface area (Å²) in [6, 6.07) is 2.54. The number of halogens is 5. The number of hydrogen-bond acceptors (Lipinski definition) is 3. The Kier molecular flexibility index (Phi) is 3.20. The molecule has 104 valence electrons. The van der Waals surface area contributed by atoms with Gasteiger partial charge in [0.2, 0.25) is 0 Å². The van der Waals surface area contributed by atoms with Gasteiger partial charge >= 0.3 is 6.18 Å². The number of nitrogens with zero attached hydrogens (tertiary/aromatic N) is 3. The van der Waals surface area contributed by atoms with Gasteiger partial charge in [0.25, 0.3) is 0 Å². The van der Waals surface area contributed by atoms with E-state index in [1.165, 1.54) is 6.07 Å². The maximum absolute atomic E-state index is 12.8. The molecular weight excluding hydrogens is 316 g/mol. The van der Waals surface area contributed by atoms with Crippen molar-refractivity contribution < 1.29 is 14.5 Å². The van der Waals surface area contributed by atoms with Crippen LogP contribution in [-0.4, -0.2) is 9.78 Å². The molecule has 1 aromatic heterocycles. The zero-order valence-electron chi connectivity index (χ0n) is 10.5. The van der Waals surface area contributed by atoms with Crippen LogP contribution in [0.15, 0.2) is 18.2 Å². The van der Waals surface area contributed by atoms with Crippen molar-refractivity contribution >= 4 is 29.0 Å². The van der Waals surface area contributed by atoms with E-state index >= 15 is 0 Å². The first-order chi connectivity index (χ1) is 9.66. The van der Waals surface area contributed by atoms with Crippen molar-refractivity contribution in [2.45, 2.75) is 6.18 Å². The van der Waals surface area contributed by atoms with Crippen LogP contribution in [0.25, 0.3) is 5.69 Å². The van der Waals surface area contributed by atoms with Crippen LogP contribution >= 0.6 is 23.2 Å². The van der Waals surface area contributed by atoms with Crippen molar-refractivity contribution in [3.05, 3.63) is 39.5 Å². The average molecular weight is 322 g/mol. The Morgan fingerprint density at radius 1 is 1.35 bits per heavy atom. The molecule has 0 saturated carbocycles. The smallest absolute Gasteiger partial charge is 0.384 e. The summed E-state index contributed by atoms with van der Waals surface area (Å²) < 4.78 is 46.7. The fourth-order valence-corrected chi connectivity index (χ4v) is 2.11. The molecule has 0 saturated heterocycles. The van der Waals surface area contributed by atoms with E-state index in [0.29, 0.717) is 6.07 Å². The second-order valence-electron chi connectivity index (χ2n) is 3.67. The molecule has 20 heavy (non-hydrogen) atoms. The highest BCUT2D eigenvalue weighted by atomic mass is 35.5. The van der Waals surface area contributed by atoms with E-state index in [1.807, 2.05) is 0 Å². The molecule has 0 spiro atoms. The molecule has 0 amide bonds. The van der Waals surface area contributed by atoms with E-state index in [0.717, 1.165) is 4.68 Å². The second kappa shape index (κ2) is 4.89. The number of alkyl halides is 3. The van der Waals surface area contributed by atoms with Crippen molar-refractivity contribution in [2.24, 2.45) is 0 Å². The lowest BCUT2D eigenvalue weighted by atomic mass is 10.2. The Hall–Kier alpha value is -1.91. The lowest BCUT2D eigenvalue weighted by Crippen LogP contribution is -2.08. The van der Waals surface area contributed by atoms with Gasteiger partial charge in [-0.3, -0.25) is 0 Å². The van der Waals surface area contributed by atoms with Gasteiger partial charge in [0, 0.05) is 6.07 Å². The summed E-state index contributed by atoms with van der Waals surface area (Å²) in [6.45, 7) is 0. The predicted molar refractivity (Wildman–Crippen MR) is 67.7 cm³/mol. The molecule has 0 aliphatic heterocycles. The fraction of sp³-hybridized carbons (Fsp3) is 0.0909. The highest BCUT2D eigenvalue weighted by Gasteiger charge is 2.32. The Morgan fingerprint density at radius 2 is 2.00 bits per heavy atom. The first-order valence-corrected chi connectivity index (χ1v) is 5.74. The van der Waals surface area contributed by atoms with Crippen LogP contribution in [-0.2, 0) is 6.18 Å². The zero-order valence-corrected chi connectivity index (χ0v) is 11.0. The van der Waals surface area contributed by atoms with Crippen LogP contribution in [0.4, 0.5) is 19.0 Å². The van der Waals surface area contributed by atoms with E-state index < -0.39 is 22.8 Å². The lowest BCUT2D eigenvalue weighted by Gasteiger charge is -2.13. The SMILES string of the molecule is [2H]c1c(C(F)(F)F)cc(Cl)c(-n2nc(C#N)cc2N)c1Cl. The molecule has 0 fully saturated rings. The van der Waals surface area contributed by atoms with Gasteiger partial charge in [0.05, 0.1) is 17.0 Å². The van der Waals surface area contributed by atoms with Gasteiger partial charge in [-0.05, 0) is 12.1 Å². The van der Waals surface area contributed by atoms with Gasteiger partial charge in [-0.25, -0.2) is 4.68 Å². The van der Waals surface area contributed by atoms with Gasteiger partial charge in [0.15, 0.2) is 5.69 Å². The van der Waals surface area contributed by atoms with E-state index in [2.05, 4.69) is 5.10 Å². The quantitative estimate of drug-likeness (QED) is 0.871. The van der Waals surface area contributed by atoms with Crippen LogP contribution < -0.4 is 5.73 Å². The third kappa shape index (κ3) is 2.53. The highest BCUT2D eigenvalue weighted by molar-refractivity contribution is 6.37. The number of aromatic nitrogens is 2. The first-order valence-electron chi connectivity index (χ1n) is 5.48. The Bertz CT molecular complexity index is 764. The molecule has 0 atom stereocenters. The van der Waals surface area contributed by atoms with Crippen molar-refractivity contribution in [3.63, 3.8) is 0 Å². The van der Waals surface area contributed by atoms with Gasteiger partial charge in [-0.1, -0.05) is 23.2 Å². The first kappa shape index (κ1) is 13.1. The number of rotatable bonds is 1. The van der Waals surface area contributed by atoms with E-state index in [9.17, 15) is 13.2 Å². The van der Waals surface area contributed by atoms with Gasteiger partial charge in [-0.2, -0.15) is 23.5 Å². The Labute approximate surface area is 122 Å². The van der Waals surface area contributed by atoms with Crippen LogP contribution in [0.1, 0.15) is 12.6 Å². The normalized spacial score (nSPS) is 12.1. The molecule has 9 heteroatoms. The number of benzene rings is 1. The standard InChI is InChI=1S/C11H5Cl2F3N4/c12-7-1-5(11(14,15)16)2-8(13)10(7)20-9(18)3-6(4-17)19-20/h1-3H,18H2/i1D. The number of hydrogen-bond donors (Lipinski definition) is 1. The van der Waals surface area contributed by atoms with E-state index in [4.69, 9.17) is 35.6 Å². The summed E-state index contributed by atoms with van der Waals surface area (Å²) in [6.07, 6.45) is -4.77. The maximum atomic E-state index is 12.8. The Balaban J connectivity index is 2.75. The van der Waals surface area contributed by atoms with Gasteiger partial charge in [-0.15, -0.1) is 0 Å². The lowest BCUT2D eigenvalue weighted by molar-refractivity contribution is -0.137. The largest absolute Gasteiger partial charge is 0.416 e. The molecule has 4 nitrogen and oxygen atoms in total. The van der Waals surface area contributed by atoms with Crippen LogP contribution in [0.5, 0.6) is 0 Å². The van der Waals surface area contributed by atoms with E-state index in [1.54, 1.807) is 6.07 Å². The third-order valence-electron chi connectivity index (χ3n) is 2.32. The summed E-state index contributed by atoms with van der Waals surface area (Å²) in [5.74, 6) is -0.0468. The van der Waals surface area contributed by atoms with Crippen LogP contribution in [0.3, 0.4) is 0 Å². The topological polar surface area (TPSA) is 67.6 Å². The summed E-state index contributed by atoms with van der Waals surface area (Å²) >= 11 is 11.6. The number of anilines is 1. The van der Waals surface area contributed by atoms with Crippen molar-refractivity contribution in [2.75, 3.05) is 5.73 Å². The second-order valence-corrected chi connectivity index (χ2v) is 4.45. The Morgan fingerprint density at radius 3 is 2.50 bits per heavy atom. The molecule has 0 aliphatic carbocycles. The monoisotopic (exact) mass is 321 g/mol. The molecule has 0 aliphatic rings. The minimum atomic E-state index is -4.77.